The van der Waals surface area contributed by atoms with Crippen LogP contribution < -0.4 is 15.0 Å². The lowest BCUT2D eigenvalue weighted by molar-refractivity contribution is 0.112. The molecule has 1 unspecified atom stereocenters. The maximum Gasteiger partial charge on any atom is 0.180 e. The smallest absolute Gasteiger partial charge is 0.180 e. The minimum absolute atomic E-state index is 0.170. The number of anilines is 1. The van der Waals surface area contributed by atoms with Gasteiger partial charge < -0.3 is 14.7 Å². The van der Waals surface area contributed by atoms with E-state index in [-0.39, 0.29) is 5.54 Å². The Hall–Kier alpha value is -2.77. The number of methoxy groups -OCH3 is 1. The topological polar surface area (TPSA) is 83.4 Å². The average molecular weight is 422 g/mol. The summed E-state index contributed by atoms with van der Waals surface area (Å²) in [6.07, 6.45) is 4.16. The third kappa shape index (κ3) is 4.78. The molecule has 2 aromatic heterocycles. The molecule has 31 heavy (non-hydrogen) atoms. The fourth-order valence-electron chi connectivity index (χ4n) is 4.10. The van der Waals surface area contributed by atoms with Crippen LogP contribution in [0.3, 0.4) is 0 Å². The van der Waals surface area contributed by atoms with Crippen molar-refractivity contribution < 1.29 is 9.84 Å². The first-order valence-electron chi connectivity index (χ1n) is 10.7. The van der Waals surface area contributed by atoms with Crippen molar-refractivity contribution in [2.75, 3.05) is 25.6 Å². The molecule has 0 saturated carbocycles. The minimum Gasteiger partial charge on any atom is -0.497 e. The van der Waals surface area contributed by atoms with Gasteiger partial charge in [0, 0.05) is 35.4 Å². The van der Waals surface area contributed by atoms with Crippen LogP contribution in [-0.2, 0) is 12.8 Å². The fraction of sp³-hybridized carbons (Fsp3) is 0.458. The predicted molar refractivity (Wildman–Crippen MR) is 124 cm³/mol. The molecule has 0 radical (unpaired) electrons. The molecule has 0 saturated heterocycles. The zero-order valence-electron chi connectivity index (χ0n) is 18.9. The number of aryl methyl sites for hydroxylation is 1. The van der Waals surface area contributed by atoms with Gasteiger partial charge >= 0.3 is 0 Å². The third-order valence-corrected chi connectivity index (χ3v) is 5.48. The third-order valence-electron chi connectivity index (χ3n) is 5.48. The summed E-state index contributed by atoms with van der Waals surface area (Å²) in [4.78, 5) is 16.4. The maximum absolute atomic E-state index is 10.5. The highest BCUT2D eigenvalue weighted by molar-refractivity contribution is 5.85. The molecular formula is C24H31N5O2. The van der Waals surface area contributed by atoms with Gasteiger partial charge in [-0.1, -0.05) is 6.07 Å². The molecule has 7 heteroatoms. The minimum atomic E-state index is -0.658. The first kappa shape index (κ1) is 21.5. The van der Waals surface area contributed by atoms with Gasteiger partial charge in [0.1, 0.15) is 23.5 Å². The zero-order valence-corrected chi connectivity index (χ0v) is 18.9. The van der Waals surface area contributed by atoms with Crippen LogP contribution >= 0.6 is 0 Å². The molecule has 2 N–H and O–H groups in total. The number of pyridine rings is 1. The van der Waals surface area contributed by atoms with Gasteiger partial charge in [-0.05, 0) is 63.6 Å². The van der Waals surface area contributed by atoms with Crippen LogP contribution in [0.15, 0.2) is 30.5 Å². The molecule has 164 valence electrons. The molecule has 0 bridgehead atoms. The average Bonchev–Trinajstić information content (AvgIpc) is 3.19. The molecule has 3 aromatic rings. The van der Waals surface area contributed by atoms with E-state index >= 15 is 0 Å². The number of likely N-dealkylation sites (N-methyl/N-ethyl adjacent to an activating group) is 1. The van der Waals surface area contributed by atoms with Crippen molar-refractivity contribution in [3.05, 3.63) is 41.7 Å². The number of nitrogens with one attached hydrogen (secondary N) is 1. The number of fused-ring (bicyclic) bond motifs is 2. The first-order valence-corrected chi connectivity index (χ1v) is 10.7. The molecule has 1 aliphatic rings. The number of nitrogens with zero attached hydrogens (tertiary/aromatic N) is 4. The fourth-order valence-corrected chi connectivity index (χ4v) is 4.10. The molecule has 0 spiro atoms. The summed E-state index contributed by atoms with van der Waals surface area (Å²) >= 11 is 0. The first-order chi connectivity index (χ1) is 14.7. The van der Waals surface area contributed by atoms with Crippen molar-refractivity contribution in [1.29, 1.82) is 0 Å². The summed E-state index contributed by atoms with van der Waals surface area (Å²) in [6.45, 7) is 6.55. The Morgan fingerprint density at radius 2 is 1.97 bits per heavy atom. The molecule has 1 aromatic carbocycles. The lowest BCUT2D eigenvalue weighted by Crippen LogP contribution is -2.48. The van der Waals surface area contributed by atoms with E-state index in [1.54, 1.807) is 7.11 Å². The van der Waals surface area contributed by atoms with E-state index in [0.29, 0.717) is 12.4 Å². The van der Waals surface area contributed by atoms with Crippen LogP contribution in [0.2, 0.25) is 0 Å². The summed E-state index contributed by atoms with van der Waals surface area (Å²) in [5, 5.41) is 15.8. The van der Waals surface area contributed by atoms with Gasteiger partial charge in [-0.15, -0.1) is 0 Å². The number of aliphatic hydroxyl groups is 1. The largest absolute Gasteiger partial charge is 0.497 e. The Balaban J connectivity index is 1.68. The highest BCUT2D eigenvalue weighted by atomic mass is 16.5. The number of hydrogen-bond donors (Lipinski definition) is 2. The Kier molecular flexibility index (Phi) is 5.81. The van der Waals surface area contributed by atoms with Crippen molar-refractivity contribution >= 4 is 16.6 Å². The second kappa shape index (κ2) is 8.40. The zero-order chi connectivity index (χ0) is 22.2. The van der Waals surface area contributed by atoms with E-state index in [0.717, 1.165) is 53.0 Å². The predicted octanol–water partition coefficient (Wildman–Crippen LogP) is 3.33. The van der Waals surface area contributed by atoms with Gasteiger partial charge in [-0.25, -0.2) is 9.97 Å². The van der Waals surface area contributed by atoms with Crippen molar-refractivity contribution in [2.24, 2.45) is 0 Å². The number of benzene rings is 1. The van der Waals surface area contributed by atoms with Crippen LogP contribution in [0.4, 0.5) is 5.82 Å². The van der Waals surface area contributed by atoms with Crippen LogP contribution in [0, 0.1) is 0 Å². The van der Waals surface area contributed by atoms with Gasteiger partial charge in [0.2, 0.25) is 0 Å². The molecule has 4 rings (SSSR count). The van der Waals surface area contributed by atoms with E-state index in [2.05, 4.69) is 10.3 Å². The Morgan fingerprint density at radius 3 is 2.71 bits per heavy atom. The molecule has 7 nitrogen and oxygen atoms in total. The number of rotatable bonds is 6. The van der Waals surface area contributed by atoms with E-state index in [1.807, 2.05) is 63.2 Å². The summed E-state index contributed by atoms with van der Waals surface area (Å²) in [5.74, 6) is 2.31. The second-order valence-corrected chi connectivity index (χ2v) is 9.22. The van der Waals surface area contributed by atoms with Gasteiger partial charge in [-0.2, -0.15) is 0 Å². The molecule has 0 amide bonds. The second-order valence-electron chi connectivity index (χ2n) is 9.22. The van der Waals surface area contributed by atoms with Crippen LogP contribution in [-0.4, -0.2) is 52.5 Å². The standard InChI is InChI=1S/C24H31N5O2/c1-24(2,3)28-21(30)14-29(4)23-18-7-6-8-19(18)26-22(27-23)20-12-15-9-10-17(31-5)11-16(15)13-25-20/h9-13,21,28,30H,6-8,14H2,1-5H3. The van der Waals surface area contributed by atoms with E-state index in [4.69, 9.17) is 14.7 Å². The van der Waals surface area contributed by atoms with Crippen molar-refractivity contribution in [2.45, 2.75) is 51.8 Å². The lowest BCUT2D eigenvalue weighted by Gasteiger charge is -2.29. The molecular weight excluding hydrogens is 390 g/mol. The van der Waals surface area contributed by atoms with Crippen LogP contribution in [0.25, 0.3) is 22.3 Å². The monoisotopic (exact) mass is 421 g/mol. The SMILES string of the molecule is COc1ccc2cc(-c3nc4c(c(N(C)CC(O)NC(C)(C)C)n3)CCC4)ncc2c1. The summed E-state index contributed by atoms with van der Waals surface area (Å²) in [7, 11) is 3.63. The quantitative estimate of drug-likeness (QED) is 0.591. The van der Waals surface area contributed by atoms with Gasteiger partial charge in [0.15, 0.2) is 5.82 Å². The van der Waals surface area contributed by atoms with Crippen LogP contribution in [0.5, 0.6) is 5.75 Å². The number of hydrogen-bond acceptors (Lipinski definition) is 7. The van der Waals surface area contributed by atoms with E-state index < -0.39 is 6.23 Å². The lowest BCUT2D eigenvalue weighted by atomic mass is 10.1. The van der Waals surface area contributed by atoms with E-state index in [9.17, 15) is 5.11 Å². The normalized spacial score (nSPS) is 14.5. The van der Waals surface area contributed by atoms with Gasteiger partial charge in [-0.3, -0.25) is 10.3 Å². The van der Waals surface area contributed by atoms with Gasteiger partial charge in [0.25, 0.3) is 0 Å². The number of aliphatic hydroxyl groups excluding tert-OH is 1. The number of aromatic nitrogens is 3. The van der Waals surface area contributed by atoms with E-state index in [1.165, 1.54) is 5.56 Å². The van der Waals surface area contributed by atoms with Crippen molar-refractivity contribution in [1.82, 2.24) is 20.3 Å². The number of ether oxygens (including phenoxy) is 1. The summed E-state index contributed by atoms with van der Waals surface area (Å²) in [6, 6.07) is 7.95. The van der Waals surface area contributed by atoms with Gasteiger partial charge in [0.05, 0.1) is 13.7 Å². The summed E-state index contributed by atoms with van der Waals surface area (Å²) in [5.41, 5.74) is 2.84. The molecule has 2 heterocycles. The summed E-state index contributed by atoms with van der Waals surface area (Å²) < 4.78 is 5.31. The highest BCUT2D eigenvalue weighted by Crippen LogP contribution is 2.31. The molecule has 1 aliphatic carbocycles. The molecule has 0 fully saturated rings. The maximum atomic E-state index is 10.5. The molecule has 1 atom stereocenters. The Morgan fingerprint density at radius 1 is 1.16 bits per heavy atom. The Bertz CT molecular complexity index is 1090. The Labute approximate surface area is 183 Å². The highest BCUT2D eigenvalue weighted by Gasteiger charge is 2.24. The van der Waals surface area contributed by atoms with Crippen molar-refractivity contribution in [3.63, 3.8) is 0 Å². The molecule has 0 aliphatic heterocycles. The van der Waals surface area contributed by atoms with Crippen LogP contribution in [0.1, 0.15) is 38.4 Å². The van der Waals surface area contributed by atoms with Crippen molar-refractivity contribution in [3.8, 4) is 17.3 Å².